The molecule has 0 bridgehead atoms. The highest BCUT2D eigenvalue weighted by atomic mass is 35.5. The number of Topliss-reactive ketones (excluding diaryl/α,β-unsaturated/α-hetero) is 1. The van der Waals surface area contributed by atoms with Crippen LogP contribution in [0, 0.1) is 5.92 Å². The van der Waals surface area contributed by atoms with E-state index in [0.717, 1.165) is 5.56 Å². The number of carbonyl (C=O) groups excluding carboxylic acids is 2. The molecule has 1 fully saturated rings. The van der Waals surface area contributed by atoms with Gasteiger partial charge in [-0.15, -0.1) is 0 Å². The number of ether oxygens (including phenoxy) is 1. The van der Waals surface area contributed by atoms with Crippen LogP contribution in [0.1, 0.15) is 39.7 Å². The average Bonchev–Trinajstić information content (AvgIpc) is 3.06. The van der Waals surface area contributed by atoms with Gasteiger partial charge in [0, 0.05) is 5.92 Å². The second-order valence-electron chi connectivity index (χ2n) is 6.59. The third-order valence-electron chi connectivity index (χ3n) is 3.61. The summed E-state index contributed by atoms with van der Waals surface area (Å²) in [5, 5.41) is 3.65. The topological polar surface area (TPSA) is 55.4 Å². The molecule has 120 valence electrons. The van der Waals surface area contributed by atoms with Gasteiger partial charge in [0.1, 0.15) is 11.4 Å². The number of carbonyl (C=O) groups is 2. The van der Waals surface area contributed by atoms with Crippen LogP contribution in [0.5, 0.6) is 0 Å². The second kappa shape index (κ2) is 5.74. The van der Waals surface area contributed by atoms with Crippen LogP contribution in [-0.2, 0) is 15.1 Å². The van der Waals surface area contributed by atoms with Crippen molar-refractivity contribution in [3.8, 4) is 0 Å². The molecule has 0 aromatic heterocycles. The zero-order valence-electron chi connectivity index (χ0n) is 13.0. The van der Waals surface area contributed by atoms with Crippen molar-refractivity contribution in [2.75, 3.05) is 0 Å². The van der Waals surface area contributed by atoms with Gasteiger partial charge in [-0.2, -0.15) is 0 Å². The molecule has 1 amide bonds. The second-order valence-corrected chi connectivity index (χ2v) is 7.41. The summed E-state index contributed by atoms with van der Waals surface area (Å²) >= 11 is 12.0. The van der Waals surface area contributed by atoms with E-state index in [-0.39, 0.29) is 11.7 Å². The largest absolute Gasteiger partial charge is 0.444 e. The van der Waals surface area contributed by atoms with E-state index in [4.69, 9.17) is 27.9 Å². The Balaban J connectivity index is 2.28. The lowest BCUT2D eigenvalue weighted by Gasteiger charge is -2.24. The van der Waals surface area contributed by atoms with Crippen molar-refractivity contribution in [1.29, 1.82) is 0 Å². The fourth-order valence-electron chi connectivity index (χ4n) is 2.54. The van der Waals surface area contributed by atoms with Crippen molar-refractivity contribution >= 4 is 35.1 Å². The number of rotatable bonds is 3. The van der Waals surface area contributed by atoms with Crippen LogP contribution in [0.2, 0.25) is 10.0 Å². The van der Waals surface area contributed by atoms with Crippen LogP contribution in [0.4, 0.5) is 4.79 Å². The zero-order valence-corrected chi connectivity index (χ0v) is 14.5. The van der Waals surface area contributed by atoms with Crippen molar-refractivity contribution < 1.29 is 14.3 Å². The van der Waals surface area contributed by atoms with Gasteiger partial charge < -0.3 is 10.1 Å². The molecule has 4 nitrogen and oxygen atoms in total. The van der Waals surface area contributed by atoms with Crippen LogP contribution in [0.15, 0.2) is 18.2 Å². The van der Waals surface area contributed by atoms with Crippen molar-refractivity contribution in [2.45, 2.75) is 45.3 Å². The summed E-state index contributed by atoms with van der Waals surface area (Å²) < 4.78 is 5.30. The number of nitrogens with one attached hydrogen (secondary N) is 1. The van der Waals surface area contributed by atoms with E-state index < -0.39 is 17.2 Å². The van der Waals surface area contributed by atoms with E-state index in [2.05, 4.69) is 5.32 Å². The van der Waals surface area contributed by atoms with Gasteiger partial charge >= 0.3 is 6.09 Å². The molecule has 1 aliphatic rings. The summed E-state index contributed by atoms with van der Waals surface area (Å²) in [6, 6.07) is 5.12. The molecule has 1 N–H and O–H groups in total. The predicted octanol–water partition coefficient (Wildman–Crippen LogP) is 4.32. The number of benzene rings is 1. The van der Waals surface area contributed by atoms with Gasteiger partial charge in [-0.05, 0) is 51.8 Å². The molecule has 0 unspecified atom stereocenters. The number of halogens is 2. The number of hydrogen-bond acceptors (Lipinski definition) is 3. The summed E-state index contributed by atoms with van der Waals surface area (Å²) in [7, 11) is 0. The van der Waals surface area contributed by atoms with E-state index in [1.54, 1.807) is 39.0 Å². The minimum absolute atomic E-state index is 0.0159. The smallest absolute Gasteiger partial charge is 0.408 e. The molecule has 22 heavy (non-hydrogen) atoms. The summed E-state index contributed by atoms with van der Waals surface area (Å²) in [5.74, 6) is -0.264. The van der Waals surface area contributed by atoms with Gasteiger partial charge in [-0.3, -0.25) is 4.79 Å². The summed E-state index contributed by atoms with van der Waals surface area (Å²) in [6.45, 7) is 6.87. The first-order chi connectivity index (χ1) is 10.0. The van der Waals surface area contributed by atoms with Gasteiger partial charge in [0.25, 0.3) is 0 Å². The van der Waals surface area contributed by atoms with Crippen molar-refractivity contribution in [3.63, 3.8) is 0 Å². The summed E-state index contributed by atoms with van der Waals surface area (Å²) in [4.78, 5) is 23.9. The molecule has 1 aromatic rings. The summed E-state index contributed by atoms with van der Waals surface area (Å²) in [5.41, 5.74) is -0.612. The first-order valence-corrected chi connectivity index (χ1v) is 7.78. The Bertz CT molecular complexity index is 624. The van der Waals surface area contributed by atoms with Crippen molar-refractivity contribution in [1.82, 2.24) is 5.32 Å². The lowest BCUT2D eigenvalue weighted by molar-refractivity contribution is -0.118. The number of amides is 1. The van der Waals surface area contributed by atoms with Gasteiger partial charge in [0.05, 0.1) is 15.6 Å². The van der Waals surface area contributed by atoms with Crippen molar-refractivity contribution in [3.05, 3.63) is 33.8 Å². The van der Waals surface area contributed by atoms with Crippen LogP contribution in [0.25, 0.3) is 0 Å². The van der Waals surface area contributed by atoms with E-state index in [0.29, 0.717) is 16.5 Å². The van der Waals surface area contributed by atoms with Crippen LogP contribution >= 0.6 is 23.2 Å². The third kappa shape index (κ3) is 3.55. The first-order valence-electron chi connectivity index (χ1n) is 7.02. The van der Waals surface area contributed by atoms with E-state index in [1.165, 1.54) is 6.92 Å². The minimum Gasteiger partial charge on any atom is -0.444 e. The maximum atomic E-state index is 12.1. The van der Waals surface area contributed by atoms with Crippen LogP contribution in [0.3, 0.4) is 0 Å². The molecule has 1 saturated carbocycles. The maximum absolute atomic E-state index is 12.1. The van der Waals surface area contributed by atoms with Gasteiger partial charge in [0.15, 0.2) is 0 Å². The highest BCUT2D eigenvalue weighted by Gasteiger charge is 2.59. The van der Waals surface area contributed by atoms with E-state index in [1.807, 2.05) is 0 Å². The molecule has 0 radical (unpaired) electrons. The highest BCUT2D eigenvalue weighted by Crippen LogP contribution is 2.53. The molecule has 0 spiro atoms. The number of ketones is 1. The third-order valence-corrected chi connectivity index (χ3v) is 4.35. The Morgan fingerprint density at radius 2 is 1.91 bits per heavy atom. The standard InChI is InChI=1S/C16H19Cl2NO3/c1-9(20)11-8-16(11,19-14(21)22-15(2,3)4)10-5-6-12(17)13(18)7-10/h5-7,11H,8H2,1-4H3,(H,19,21)/t11-,16+/m1/s1. The Hall–Kier alpha value is -1.26. The fourth-order valence-corrected chi connectivity index (χ4v) is 2.84. The molecule has 0 aliphatic heterocycles. The number of alkyl carbamates (subject to hydrolysis) is 1. The molecule has 0 heterocycles. The lowest BCUT2D eigenvalue weighted by atomic mass is 10.0. The average molecular weight is 344 g/mol. The Morgan fingerprint density at radius 3 is 2.36 bits per heavy atom. The van der Waals surface area contributed by atoms with E-state index >= 15 is 0 Å². The fraction of sp³-hybridized carbons (Fsp3) is 0.500. The molecule has 0 saturated heterocycles. The monoisotopic (exact) mass is 343 g/mol. The molecule has 6 heteroatoms. The number of hydrogen-bond donors (Lipinski definition) is 1. The normalized spacial score (nSPS) is 23.8. The Morgan fingerprint density at radius 1 is 1.27 bits per heavy atom. The van der Waals surface area contributed by atoms with Gasteiger partial charge in [0.2, 0.25) is 0 Å². The first kappa shape index (κ1) is 17.1. The zero-order chi connectivity index (χ0) is 16.7. The molecule has 1 aromatic carbocycles. The molecule has 2 rings (SSSR count). The van der Waals surface area contributed by atoms with Crippen molar-refractivity contribution in [2.24, 2.45) is 5.92 Å². The summed E-state index contributed by atoms with van der Waals surface area (Å²) in [6.07, 6.45) is -0.0261. The van der Waals surface area contributed by atoms with Gasteiger partial charge in [-0.1, -0.05) is 29.3 Å². The lowest BCUT2D eigenvalue weighted by Crippen LogP contribution is -2.41. The molecular weight excluding hydrogens is 325 g/mol. The van der Waals surface area contributed by atoms with Crippen LogP contribution in [-0.4, -0.2) is 17.5 Å². The SMILES string of the molecule is CC(=O)[C@H]1C[C@]1(NC(=O)OC(C)(C)C)c1ccc(Cl)c(Cl)c1. The maximum Gasteiger partial charge on any atom is 0.408 e. The molecule has 2 atom stereocenters. The molecular formula is C16H19Cl2NO3. The van der Waals surface area contributed by atoms with Crippen LogP contribution < -0.4 is 5.32 Å². The quantitative estimate of drug-likeness (QED) is 0.888. The highest BCUT2D eigenvalue weighted by molar-refractivity contribution is 6.42. The Labute approximate surface area is 140 Å². The predicted molar refractivity (Wildman–Crippen MR) is 86.3 cm³/mol. The minimum atomic E-state index is -0.762. The molecule has 1 aliphatic carbocycles. The van der Waals surface area contributed by atoms with Gasteiger partial charge in [-0.25, -0.2) is 4.79 Å². The Kier molecular flexibility index (Phi) is 4.46. The van der Waals surface area contributed by atoms with E-state index in [9.17, 15) is 9.59 Å².